The first-order valence-electron chi connectivity index (χ1n) is 5.85. The van der Waals surface area contributed by atoms with Crippen LogP contribution < -0.4 is 10.5 Å². The van der Waals surface area contributed by atoms with Gasteiger partial charge in [-0.15, -0.1) is 0 Å². The predicted octanol–water partition coefficient (Wildman–Crippen LogP) is 3.38. The molecule has 0 aliphatic carbocycles. The second kappa shape index (κ2) is 5.02. The number of rotatable bonds is 3. The maximum absolute atomic E-state index is 11.1. The van der Waals surface area contributed by atoms with Crippen molar-refractivity contribution in [2.45, 2.75) is 13.8 Å². The fraction of sp³-hybridized carbons (Fsp3) is 0.133. The second-order valence-corrected chi connectivity index (χ2v) is 4.43. The fourth-order valence-electron chi connectivity index (χ4n) is 1.82. The van der Waals surface area contributed by atoms with Crippen molar-refractivity contribution in [2.24, 2.45) is 0 Å². The van der Waals surface area contributed by atoms with E-state index in [9.17, 15) is 4.79 Å². The molecule has 0 bridgehead atoms. The Kier molecular flexibility index (Phi) is 3.42. The normalized spacial score (nSPS) is 10.2. The number of ether oxygens (including phenoxy) is 1. The van der Waals surface area contributed by atoms with Gasteiger partial charge < -0.3 is 15.6 Å². The molecule has 0 spiro atoms. The van der Waals surface area contributed by atoms with Gasteiger partial charge in [0.25, 0.3) is 0 Å². The van der Waals surface area contributed by atoms with Gasteiger partial charge in [0, 0.05) is 5.69 Å². The van der Waals surface area contributed by atoms with Gasteiger partial charge >= 0.3 is 5.97 Å². The highest BCUT2D eigenvalue weighted by Crippen LogP contribution is 2.28. The van der Waals surface area contributed by atoms with E-state index in [0.29, 0.717) is 17.1 Å². The number of nitrogens with two attached hydrogens (primary N) is 1. The van der Waals surface area contributed by atoms with Gasteiger partial charge in [-0.3, -0.25) is 0 Å². The summed E-state index contributed by atoms with van der Waals surface area (Å²) in [6, 6.07) is 10.7. The molecule has 2 aromatic carbocycles. The quantitative estimate of drug-likeness (QED) is 0.827. The van der Waals surface area contributed by atoms with Crippen molar-refractivity contribution >= 4 is 11.7 Å². The van der Waals surface area contributed by atoms with Gasteiger partial charge in [-0.25, -0.2) is 4.79 Å². The number of nitrogen functional groups attached to an aromatic ring is 1. The van der Waals surface area contributed by atoms with Crippen molar-refractivity contribution in [2.75, 3.05) is 5.73 Å². The zero-order chi connectivity index (χ0) is 14.0. The SMILES string of the molecule is Cc1cccc(Oc2cc(C)c(N)c(C(=O)O)c2)c1. The minimum absolute atomic E-state index is 0.0580. The molecule has 2 aromatic rings. The molecule has 4 heteroatoms. The zero-order valence-corrected chi connectivity index (χ0v) is 10.8. The lowest BCUT2D eigenvalue weighted by Gasteiger charge is -2.11. The number of aryl methyl sites for hydroxylation is 2. The van der Waals surface area contributed by atoms with E-state index in [4.69, 9.17) is 15.6 Å². The Morgan fingerprint density at radius 3 is 2.53 bits per heavy atom. The van der Waals surface area contributed by atoms with Crippen molar-refractivity contribution in [3.05, 3.63) is 53.1 Å². The lowest BCUT2D eigenvalue weighted by Crippen LogP contribution is -2.04. The molecule has 0 amide bonds. The Labute approximate surface area is 111 Å². The molecule has 0 unspecified atom stereocenters. The summed E-state index contributed by atoms with van der Waals surface area (Å²) in [7, 11) is 0. The van der Waals surface area contributed by atoms with Crippen molar-refractivity contribution in [1.29, 1.82) is 0 Å². The predicted molar refractivity (Wildman–Crippen MR) is 73.8 cm³/mol. The van der Waals surface area contributed by atoms with E-state index in [-0.39, 0.29) is 11.3 Å². The summed E-state index contributed by atoms with van der Waals surface area (Å²) >= 11 is 0. The van der Waals surface area contributed by atoms with Crippen LogP contribution >= 0.6 is 0 Å². The molecule has 0 fully saturated rings. The lowest BCUT2D eigenvalue weighted by atomic mass is 10.1. The number of carboxylic acid groups (broad SMARTS) is 1. The van der Waals surface area contributed by atoms with Gasteiger partial charge in [-0.2, -0.15) is 0 Å². The van der Waals surface area contributed by atoms with Gasteiger partial charge in [0.2, 0.25) is 0 Å². The van der Waals surface area contributed by atoms with Gasteiger partial charge in [-0.05, 0) is 49.2 Å². The second-order valence-electron chi connectivity index (χ2n) is 4.43. The number of hydrogen-bond donors (Lipinski definition) is 2. The van der Waals surface area contributed by atoms with Gasteiger partial charge in [-0.1, -0.05) is 12.1 Å². The summed E-state index contributed by atoms with van der Waals surface area (Å²) in [5.74, 6) is 0.0745. The standard InChI is InChI=1S/C15H15NO3/c1-9-4-3-5-11(6-9)19-12-7-10(2)14(16)13(8-12)15(17)18/h3-8H,16H2,1-2H3,(H,17,18). The first-order chi connectivity index (χ1) is 8.97. The molecule has 0 aliphatic rings. The first kappa shape index (κ1) is 13.0. The highest BCUT2D eigenvalue weighted by atomic mass is 16.5. The topological polar surface area (TPSA) is 72.5 Å². The summed E-state index contributed by atoms with van der Waals surface area (Å²) in [5, 5.41) is 9.09. The molecule has 3 N–H and O–H groups in total. The molecule has 19 heavy (non-hydrogen) atoms. The van der Waals surface area contributed by atoms with Crippen LogP contribution in [0.5, 0.6) is 11.5 Å². The Bertz CT molecular complexity index is 635. The van der Waals surface area contributed by atoms with E-state index >= 15 is 0 Å². The largest absolute Gasteiger partial charge is 0.478 e. The molecule has 0 radical (unpaired) electrons. The Hall–Kier alpha value is -2.49. The molecule has 98 valence electrons. The summed E-state index contributed by atoms with van der Waals surface area (Å²) in [6.07, 6.45) is 0. The maximum atomic E-state index is 11.1. The maximum Gasteiger partial charge on any atom is 0.337 e. The first-order valence-corrected chi connectivity index (χ1v) is 5.85. The highest BCUT2D eigenvalue weighted by molar-refractivity contribution is 5.95. The highest BCUT2D eigenvalue weighted by Gasteiger charge is 2.12. The van der Waals surface area contributed by atoms with E-state index in [1.807, 2.05) is 31.2 Å². The van der Waals surface area contributed by atoms with Crippen LogP contribution in [0.25, 0.3) is 0 Å². The lowest BCUT2D eigenvalue weighted by molar-refractivity contribution is 0.0697. The van der Waals surface area contributed by atoms with Crippen molar-refractivity contribution < 1.29 is 14.6 Å². The Morgan fingerprint density at radius 2 is 1.89 bits per heavy atom. The van der Waals surface area contributed by atoms with Crippen LogP contribution in [-0.4, -0.2) is 11.1 Å². The smallest absolute Gasteiger partial charge is 0.337 e. The van der Waals surface area contributed by atoms with Crippen molar-refractivity contribution in [3.8, 4) is 11.5 Å². The molecule has 2 rings (SSSR count). The average Bonchev–Trinajstić information content (AvgIpc) is 2.33. The molecule has 0 aromatic heterocycles. The minimum Gasteiger partial charge on any atom is -0.478 e. The van der Waals surface area contributed by atoms with Gasteiger partial charge in [0.05, 0.1) is 5.56 Å². The monoisotopic (exact) mass is 257 g/mol. The zero-order valence-electron chi connectivity index (χ0n) is 10.8. The number of hydrogen-bond acceptors (Lipinski definition) is 3. The molecule has 0 saturated heterocycles. The molecule has 0 heterocycles. The van der Waals surface area contributed by atoms with Crippen LogP contribution in [-0.2, 0) is 0 Å². The van der Waals surface area contributed by atoms with Gasteiger partial charge in [0.15, 0.2) is 0 Å². The third-order valence-corrected chi connectivity index (χ3v) is 2.82. The van der Waals surface area contributed by atoms with Crippen LogP contribution in [0.15, 0.2) is 36.4 Å². The molecular formula is C15H15NO3. The number of aromatic carboxylic acids is 1. The van der Waals surface area contributed by atoms with Gasteiger partial charge in [0.1, 0.15) is 11.5 Å². The molecular weight excluding hydrogens is 242 g/mol. The van der Waals surface area contributed by atoms with E-state index in [1.165, 1.54) is 6.07 Å². The van der Waals surface area contributed by atoms with Crippen molar-refractivity contribution in [3.63, 3.8) is 0 Å². The summed E-state index contributed by atoms with van der Waals surface area (Å²) < 4.78 is 5.67. The molecule has 4 nitrogen and oxygen atoms in total. The summed E-state index contributed by atoms with van der Waals surface area (Å²) in [5.41, 5.74) is 7.81. The van der Waals surface area contributed by atoms with E-state index in [0.717, 1.165) is 5.56 Å². The van der Waals surface area contributed by atoms with Crippen LogP contribution in [0.2, 0.25) is 0 Å². The fourth-order valence-corrected chi connectivity index (χ4v) is 1.82. The molecule has 0 atom stereocenters. The average molecular weight is 257 g/mol. The van der Waals surface area contributed by atoms with Crippen LogP contribution in [0, 0.1) is 13.8 Å². The number of carbonyl (C=O) groups is 1. The van der Waals surface area contributed by atoms with Crippen molar-refractivity contribution in [1.82, 2.24) is 0 Å². The van der Waals surface area contributed by atoms with Crippen LogP contribution in [0.3, 0.4) is 0 Å². The van der Waals surface area contributed by atoms with E-state index in [1.54, 1.807) is 13.0 Å². The third kappa shape index (κ3) is 2.85. The minimum atomic E-state index is -1.06. The summed E-state index contributed by atoms with van der Waals surface area (Å²) in [6.45, 7) is 3.72. The van der Waals surface area contributed by atoms with E-state index < -0.39 is 5.97 Å². The Morgan fingerprint density at radius 1 is 1.16 bits per heavy atom. The van der Waals surface area contributed by atoms with Crippen LogP contribution in [0.4, 0.5) is 5.69 Å². The summed E-state index contributed by atoms with van der Waals surface area (Å²) in [4.78, 5) is 11.1. The van der Waals surface area contributed by atoms with E-state index in [2.05, 4.69) is 0 Å². The third-order valence-electron chi connectivity index (χ3n) is 2.82. The number of carboxylic acids is 1. The Balaban J connectivity index is 2.38. The number of anilines is 1. The number of benzene rings is 2. The van der Waals surface area contributed by atoms with Crippen LogP contribution in [0.1, 0.15) is 21.5 Å². The molecule has 0 aliphatic heterocycles. The molecule has 0 saturated carbocycles.